The fourth-order valence-electron chi connectivity index (χ4n) is 3.78. The van der Waals surface area contributed by atoms with Crippen LogP contribution >= 0.6 is 23.1 Å². The summed E-state index contributed by atoms with van der Waals surface area (Å²) in [6.45, 7) is 1.67. The van der Waals surface area contributed by atoms with E-state index in [1.54, 1.807) is 56.5 Å². The number of rotatable bonds is 7. The summed E-state index contributed by atoms with van der Waals surface area (Å²) in [6, 6.07) is 25.2. The van der Waals surface area contributed by atoms with E-state index in [1.807, 2.05) is 48.5 Å². The Bertz CT molecular complexity index is 1620. The lowest BCUT2D eigenvalue weighted by molar-refractivity contribution is -0.113. The molecular weight excluding hydrogens is 546 g/mol. The number of anilines is 2. The molecule has 1 aliphatic rings. The highest BCUT2D eigenvalue weighted by molar-refractivity contribution is 8.19. The van der Waals surface area contributed by atoms with E-state index in [4.69, 9.17) is 4.74 Å². The second-order valence-electron chi connectivity index (χ2n) is 8.45. The number of hydrogen-bond acceptors (Lipinski definition) is 8. The summed E-state index contributed by atoms with van der Waals surface area (Å²) < 4.78 is 5.12. The Hall–Kier alpha value is -4.74. The van der Waals surface area contributed by atoms with Gasteiger partial charge in [0.05, 0.1) is 23.4 Å². The van der Waals surface area contributed by atoms with Gasteiger partial charge in [-0.05, 0) is 66.7 Å². The van der Waals surface area contributed by atoms with Gasteiger partial charge in [0.25, 0.3) is 17.7 Å². The fraction of sp³-hybridized carbons (Fsp3) is 0.0690. The van der Waals surface area contributed by atoms with E-state index in [0.29, 0.717) is 32.8 Å². The SMILES string of the molecule is COc1ccc(C(=O)Nc2nc(C)c(C(=O)NN=C3SC(=Cc4ccccc4)C(=O)N3c3ccccc3)s2)cc1. The van der Waals surface area contributed by atoms with Crippen LogP contribution in [0.2, 0.25) is 0 Å². The molecule has 40 heavy (non-hydrogen) atoms. The van der Waals surface area contributed by atoms with Crippen LogP contribution in [0, 0.1) is 6.92 Å². The van der Waals surface area contributed by atoms with Gasteiger partial charge < -0.3 is 4.74 Å². The first-order valence-electron chi connectivity index (χ1n) is 12.1. The number of hydrazone groups is 1. The predicted octanol–water partition coefficient (Wildman–Crippen LogP) is 5.53. The summed E-state index contributed by atoms with van der Waals surface area (Å²) >= 11 is 2.20. The number of benzene rings is 3. The number of carbonyl (C=O) groups excluding carboxylic acids is 3. The predicted molar refractivity (Wildman–Crippen MR) is 159 cm³/mol. The minimum absolute atomic E-state index is 0.245. The maximum Gasteiger partial charge on any atom is 0.283 e. The zero-order valence-corrected chi connectivity index (χ0v) is 23.1. The molecular formula is C29H23N5O4S2. The van der Waals surface area contributed by atoms with Crippen molar-refractivity contribution in [3.05, 3.63) is 112 Å². The number of ether oxygens (including phenoxy) is 1. The molecule has 2 heterocycles. The molecule has 0 atom stereocenters. The summed E-state index contributed by atoms with van der Waals surface area (Å²) in [5.74, 6) is -0.474. The number of nitrogens with one attached hydrogen (secondary N) is 2. The lowest BCUT2D eigenvalue weighted by Gasteiger charge is -2.15. The highest BCUT2D eigenvalue weighted by Crippen LogP contribution is 2.36. The number of aryl methyl sites for hydroxylation is 1. The molecule has 0 radical (unpaired) electrons. The molecule has 5 rings (SSSR count). The van der Waals surface area contributed by atoms with Gasteiger partial charge in [-0.25, -0.2) is 10.4 Å². The molecule has 9 nitrogen and oxygen atoms in total. The second kappa shape index (κ2) is 12.0. The van der Waals surface area contributed by atoms with E-state index in [0.717, 1.165) is 16.9 Å². The summed E-state index contributed by atoms with van der Waals surface area (Å²) in [5.41, 5.74) is 4.91. The number of hydrogen-bond donors (Lipinski definition) is 2. The first-order chi connectivity index (χ1) is 19.4. The molecule has 4 aromatic rings. The van der Waals surface area contributed by atoms with Crippen molar-refractivity contribution in [1.82, 2.24) is 10.4 Å². The smallest absolute Gasteiger partial charge is 0.283 e. The molecule has 1 aromatic heterocycles. The number of aromatic nitrogens is 1. The highest BCUT2D eigenvalue weighted by atomic mass is 32.2. The Balaban J connectivity index is 1.34. The van der Waals surface area contributed by atoms with Gasteiger partial charge in [0.15, 0.2) is 10.3 Å². The van der Waals surface area contributed by atoms with Crippen LogP contribution in [0.15, 0.2) is 94.9 Å². The Labute approximate surface area is 238 Å². The third-order valence-corrected chi connectivity index (χ3v) is 7.79. The number of amides is 3. The van der Waals surface area contributed by atoms with Crippen molar-refractivity contribution in [2.45, 2.75) is 6.92 Å². The molecule has 0 unspecified atom stereocenters. The van der Waals surface area contributed by atoms with E-state index < -0.39 is 5.91 Å². The molecule has 2 N–H and O–H groups in total. The molecule has 3 amide bonds. The third-order valence-electron chi connectivity index (χ3n) is 5.75. The molecule has 11 heteroatoms. The topological polar surface area (TPSA) is 113 Å². The summed E-state index contributed by atoms with van der Waals surface area (Å²) in [5, 5.41) is 7.60. The van der Waals surface area contributed by atoms with Gasteiger partial charge in [0.2, 0.25) is 0 Å². The van der Waals surface area contributed by atoms with E-state index >= 15 is 0 Å². The Morgan fingerprint density at radius 1 is 0.950 bits per heavy atom. The highest BCUT2D eigenvalue weighted by Gasteiger charge is 2.35. The molecule has 1 aliphatic heterocycles. The van der Waals surface area contributed by atoms with Gasteiger partial charge in [-0.3, -0.25) is 24.6 Å². The maximum atomic E-state index is 13.3. The van der Waals surface area contributed by atoms with Crippen LogP contribution in [0.4, 0.5) is 10.8 Å². The lowest BCUT2D eigenvalue weighted by Crippen LogP contribution is -2.31. The number of thiazole rings is 1. The Kier molecular flexibility index (Phi) is 8.04. The van der Waals surface area contributed by atoms with Crippen molar-refractivity contribution in [3.8, 4) is 5.75 Å². The molecule has 0 saturated carbocycles. The van der Waals surface area contributed by atoms with E-state index in [1.165, 1.54) is 16.7 Å². The number of methoxy groups -OCH3 is 1. The van der Waals surface area contributed by atoms with Gasteiger partial charge >= 0.3 is 0 Å². The minimum atomic E-state index is -0.506. The normalized spacial score (nSPS) is 14.9. The van der Waals surface area contributed by atoms with Gasteiger partial charge in [0.1, 0.15) is 10.6 Å². The molecule has 0 bridgehead atoms. The van der Waals surface area contributed by atoms with Crippen molar-refractivity contribution in [2.24, 2.45) is 5.10 Å². The van der Waals surface area contributed by atoms with Crippen molar-refractivity contribution >= 4 is 62.9 Å². The fourth-order valence-corrected chi connectivity index (χ4v) is 5.57. The van der Waals surface area contributed by atoms with Crippen LogP contribution in [0.3, 0.4) is 0 Å². The van der Waals surface area contributed by atoms with Gasteiger partial charge in [-0.2, -0.15) is 0 Å². The molecule has 1 saturated heterocycles. The average molecular weight is 570 g/mol. The van der Waals surface area contributed by atoms with Gasteiger partial charge in [-0.1, -0.05) is 59.9 Å². The number of para-hydroxylation sites is 1. The quantitative estimate of drug-likeness (QED) is 0.223. The zero-order valence-electron chi connectivity index (χ0n) is 21.5. The van der Waals surface area contributed by atoms with Crippen LogP contribution in [-0.4, -0.2) is 35.0 Å². The number of carbonyl (C=O) groups is 3. The van der Waals surface area contributed by atoms with Crippen LogP contribution in [0.1, 0.15) is 31.3 Å². The van der Waals surface area contributed by atoms with E-state index in [9.17, 15) is 14.4 Å². The van der Waals surface area contributed by atoms with Gasteiger partial charge in [0, 0.05) is 5.56 Å². The lowest BCUT2D eigenvalue weighted by atomic mass is 10.2. The molecule has 1 fully saturated rings. The van der Waals surface area contributed by atoms with Crippen molar-refractivity contribution in [2.75, 3.05) is 17.3 Å². The maximum absolute atomic E-state index is 13.3. The third kappa shape index (κ3) is 5.95. The molecule has 0 aliphatic carbocycles. The number of thioether (sulfide) groups is 1. The van der Waals surface area contributed by atoms with Crippen LogP contribution < -0.4 is 20.4 Å². The minimum Gasteiger partial charge on any atom is -0.497 e. The van der Waals surface area contributed by atoms with Crippen molar-refractivity contribution in [3.63, 3.8) is 0 Å². The zero-order chi connectivity index (χ0) is 28.1. The Morgan fingerprint density at radius 2 is 1.62 bits per heavy atom. The van der Waals surface area contributed by atoms with Gasteiger partial charge in [-0.15, -0.1) is 5.10 Å². The average Bonchev–Trinajstić information content (AvgIpc) is 3.50. The summed E-state index contributed by atoms with van der Waals surface area (Å²) in [4.78, 5) is 45.5. The number of amidine groups is 1. The Morgan fingerprint density at radius 3 is 2.30 bits per heavy atom. The first kappa shape index (κ1) is 26.9. The summed E-state index contributed by atoms with van der Waals surface area (Å²) in [6.07, 6.45) is 1.79. The van der Waals surface area contributed by atoms with E-state index in [2.05, 4.69) is 20.8 Å². The molecule has 200 valence electrons. The monoisotopic (exact) mass is 569 g/mol. The largest absolute Gasteiger partial charge is 0.497 e. The van der Waals surface area contributed by atoms with Crippen LogP contribution in [0.5, 0.6) is 5.75 Å². The van der Waals surface area contributed by atoms with Crippen LogP contribution in [0.25, 0.3) is 6.08 Å². The van der Waals surface area contributed by atoms with Crippen molar-refractivity contribution < 1.29 is 19.1 Å². The number of nitrogens with zero attached hydrogens (tertiary/aromatic N) is 3. The van der Waals surface area contributed by atoms with Crippen LogP contribution in [-0.2, 0) is 4.79 Å². The van der Waals surface area contributed by atoms with Crippen molar-refractivity contribution in [1.29, 1.82) is 0 Å². The first-order valence-corrected chi connectivity index (χ1v) is 13.7. The molecule has 0 spiro atoms. The molecule has 3 aromatic carbocycles. The standard InChI is InChI=1S/C29H23N5O4S2/c1-18-24(40-28(30-18)31-25(35)20-13-15-22(38-2)16-14-20)26(36)32-33-29-34(21-11-7-4-8-12-21)27(37)23(39-29)17-19-9-5-3-6-10-19/h3-17H,1-2H3,(H,32,36)(H,30,31,35). The van der Waals surface area contributed by atoms with E-state index in [-0.39, 0.29) is 21.8 Å². The second-order valence-corrected chi connectivity index (χ2v) is 10.5. The summed E-state index contributed by atoms with van der Waals surface area (Å²) in [7, 11) is 1.55.